The van der Waals surface area contributed by atoms with Gasteiger partial charge in [0, 0.05) is 30.6 Å². The van der Waals surface area contributed by atoms with Crippen LogP contribution in [0.15, 0.2) is 52.8 Å². The number of nitro groups is 1. The molecule has 0 atom stereocenters. The van der Waals surface area contributed by atoms with E-state index in [4.69, 9.17) is 0 Å². The molecule has 0 bridgehead atoms. The van der Waals surface area contributed by atoms with Gasteiger partial charge in [-0.25, -0.2) is 9.97 Å². The van der Waals surface area contributed by atoms with Gasteiger partial charge in [0.05, 0.1) is 10.4 Å². The third-order valence-electron chi connectivity index (χ3n) is 3.18. The minimum absolute atomic E-state index is 0.101. The fourth-order valence-electron chi connectivity index (χ4n) is 2.18. The molecule has 0 aliphatic carbocycles. The molecular weight excluding hydrogens is 314 g/mol. The second-order valence-corrected chi connectivity index (χ2v) is 5.97. The number of para-hydroxylation sites is 1. The van der Waals surface area contributed by atoms with Crippen LogP contribution in [0.5, 0.6) is 0 Å². The number of hydrogen-bond donors (Lipinski definition) is 0. The van der Waals surface area contributed by atoms with E-state index in [0.29, 0.717) is 5.03 Å². The molecule has 23 heavy (non-hydrogen) atoms. The smallest absolute Gasteiger partial charge is 0.343 e. The maximum Gasteiger partial charge on any atom is 0.343 e. The van der Waals surface area contributed by atoms with E-state index < -0.39 is 4.92 Å². The Morgan fingerprint density at radius 2 is 1.91 bits per heavy atom. The van der Waals surface area contributed by atoms with Gasteiger partial charge in [-0.3, -0.25) is 15.1 Å². The number of aromatic nitrogens is 3. The summed E-state index contributed by atoms with van der Waals surface area (Å²) in [7, 11) is 3.42. The second-order valence-electron chi connectivity index (χ2n) is 4.94. The topological polar surface area (TPSA) is 85.0 Å². The predicted octanol–water partition coefficient (Wildman–Crippen LogP) is 3.15. The zero-order valence-corrected chi connectivity index (χ0v) is 13.3. The van der Waals surface area contributed by atoms with Crippen LogP contribution in [0.1, 0.15) is 0 Å². The monoisotopic (exact) mass is 327 g/mol. The maximum atomic E-state index is 11.5. The van der Waals surface area contributed by atoms with Gasteiger partial charge in [0.1, 0.15) is 6.33 Å². The first-order valence-electron chi connectivity index (χ1n) is 6.76. The van der Waals surface area contributed by atoms with Crippen molar-refractivity contribution >= 4 is 34.2 Å². The Morgan fingerprint density at radius 1 is 1.13 bits per heavy atom. The third kappa shape index (κ3) is 2.93. The summed E-state index contributed by atoms with van der Waals surface area (Å²) in [5.74, 6) is 0.278. The number of nitrogens with zero attached hydrogens (tertiary/aromatic N) is 5. The van der Waals surface area contributed by atoms with Gasteiger partial charge in [-0.15, -0.1) is 0 Å². The van der Waals surface area contributed by atoms with Gasteiger partial charge >= 0.3 is 5.69 Å². The summed E-state index contributed by atoms with van der Waals surface area (Å²) in [6.07, 6.45) is 3.04. The number of benzene rings is 1. The SMILES string of the molecule is CN(C)c1ncnc(Sc2cccc3cccnc23)c1[N+](=O)[O-]. The Balaban J connectivity index is 2.12. The van der Waals surface area contributed by atoms with Crippen LogP contribution >= 0.6 is 11.8 Å². The maximum absolute atomic E-state index is 11.5. The summed E-state index contributed by atoms with van der Waals surface area (Å²) in [5, 5.41) is 12.7. The molecule has 116 valence electrons. The largest absolute Gasteiger partial charge is 0.357 e. The molecule has 0 fully saturated rings. The standard InChI is InChI=1S/C15H13N5O2S/c1-19(2)14-13(20(21)22)15(18-9-17-14)23-11-7-3-5-10-6-4-8-16-12(10)11/h3-9H,1-2H3. The summed E-state index contributed by atoms with van der Waals surface area (Å²) in [6.45, 7) is 0. The zero-order valence-electron chi connectivity index (χ0n) is 12.5. The van der Waals surface area contributed by atoms with E-state index in [2.05, 4.69) is 15.0 Å². The Morgan fingerprint density at radius 3 is 2.65 bits per heavy atom. The quantitative estimate of drug-likeness (QED) is 0.413. The molecule has 7 nitrogen and oxygen atoms in total. The number of rotatable bonds is 4. The van der Waals surface area contributed by atoms with E-state index in [1.54, 1.807) is 25.2 Å². The van der Waals surface area contributed by atoms with Crippen molar-refractivity contribution in [2.45, 2.75) is 9.92 Å². The van der Waals surface area contributed by atoms with Crippen LogP contribution in [-0.4, -0.2) is 34.0 Å². The first-order chi connectivity index (χ1) is 11.1. The van der Waals surface area contributed by atoms with Gasteiger partial charge < -0.3 is 4.90 Å². The molecule has 3 rings (SSSR count). The van der Waals surface area contributed by atoms with Crippen LogP contribution in [0.25, 0.3) is 10.9 Å². The van der Waals surface area contributed by atoms with Crippen molar-refractivity contribution in [1.29, 1.82) is 0 Å². The average molecular weight is 327 g/mol. The second kappa shape index (κ2) is 6.17. The van der Waals surface area contributed by atoms with E-state index in [9.17, 15) is 10.1 Å². The van der Waals surface area contributed by atoms with Crippen molar-refractivity contribution in [3.8, 4) is 0 Å². The number of pyridine rings is 1. The third-order valence-corrected chi connectivity index (χ3v) is 4.22. The normalized spacial score (nSPS) is 10.7. The minimum atomic E-state index is -0.448. The van der Waals surface area contributed by atoms with Crippen LogP contribution in [-0.2, 0) is 0 Å². The van der Waals surface area contributed by atoms with Crippen LogP contribution in [0.3, 0.4) is 0 Å². The van der Waals surface area contributed by atoms with E-state index in [1.165, 1.54) is 18.1 Å². The Labute approximate surface area is 136 Å². The molecule has 0 radical (unpaired) electrons. The lowest BCUT2D eigenvalue weighted by Gasteiger charge is -2.12. The highest BCUT2D eigenvalue weighted by Gasteiger charge is 2.25. The van der Waals surface area contributed by atoms with Crippen molar-refractivity contribution in [2.24, 2.45) is 0 Å². The van der Waals surface area contributed by atoms with Crippen molar-refractivity contribution in [3.05, 3.63) is 53.0 Å². The van der Waals surface area contributed by atoms with Crippen LogP contribution in [0.2, 0.25) is 0 Å². The fourth-order valence-corrected chi connectivity index (χ4v) is 3.16. The molecule has 0 amide bonds. The molecule has 0 spiro atoms. The van der Waals surface area contributed by atoms with Gasteiger partial charge in [-0.05, 0) is 12.1 Å². The molecule has 1 aromatic carbocycles. The molecule has 3 aromatic rings. The molecule has 0 aliphatic heterocycles. The summed E-state index contributed by atoms with van der Waals surface area (Å²) < 4.78 is 0. The Kier molecular flexibility index (Phi) is 4.07. The molecule has 0 aliphatic rings. The lowest BCUT2D eigenvalue weighted by Crippen LogP contribution is -2.14. The van der Waals surface area contributed by atoms with Crippen molar-refractivity contribution in [1.82, 2.24) is 15.0 Å². The average Bonchev–Trinajstić information content (AvgIpc) is 2.54. The highest BCUT2D eigenvalue weighted by atomic mass is 32.2. The summed E-state index contributed by atoms with van der Waals surface area (Å²) in [5.41, 5.74) is 0.690. The lowest BCUT2D eigenvalue weighted by molar-refractivity contribution is -0.387. The highest BCUT2D eigenvalue weighted by Crippen LogP contribution is 2.39. The van der Waals surface area contributed by atoms with E-state index in [1.807, 2.05) is 30.3 Å². The number of anilines is 1. The van der Waals surface area contributed by atoms with E-state index in [0.717, 1.165) is 15.8 Å². The van der Waals surface area contributed by atoms with Crippen LogP contribution < -0.4 is 4.90 Å². The van der Waals surface area contributed by atoms with Crippen molar-refractivity contribution < 1.29 is 4.92 Å². The zero-order chi connectivity index (χ0) is 16.4. The van der Waals surface area contributed by atoms with E-state index in [-0.39, 0.29) is 11.5 Å². The predicted molar refractivity (Wildman–Crippen MR) is 88.9 cm³/mol. The fraction of sp³-hybridized carbons (Fsp3) is 0.133. The first kappa shape index (κ1) is 15.2. The molecule has 0 saturated heterocycles. The molecular formula is C15H13N5O2S. The molecule has 2 heterocycles. The molecule has 8 heteroatoms. The van der Waals surface area contributed by atoms with Crippen LogP contribution in [0.4, 0.5) is 11.5 Å². The van der Waals surface area contributed by atoms with E-state index >= 15 is 0 Å². The summed E-state index contributed by atoms with van der Waals surface area (Å²) >= 11 is 1.22. The summed E-state index contributed by atoms with van der Waals surface area (Å²) in [6, 6.07) is 9.53. The highest BCUT2D eigenvalue weighted by molar-refractivity contribution is 7.99. The minimum Gasteiger partial charge on any atom is -0.357 e. The molecule has 2 aromatic heterocycles. The number of hydrogen-bond acceptors (Lipinski definition) is 7. The van der Waals surface area contributed by atoms with Gasteiger partial charge in [-0.2, -0.15) is 0 Å². The first-order valence-corrected chi connectivity index (χ1v) is 7.58. The van der Waals surface area contributed by atoms with Gasteiger partial charge in [0.15, 0.2) is 5.03 Å². The molecule has 0 N–H and O–H groups in total. The van der Waals surface area contributed by atoms with Gasteiger partial charge in [0.2, 0.25) is 5.82 Å². The Hall–Kier alpha value is -2.74. The van der Waals surface area contributed by atoms with Crippen LogP contribution in [0, 0.1) is 10.1 Å². The molecule has 0 saturated carbocycles. The van der Waals surface area contributed by atoms with Crippen molar-refractivity contribution in [2.75, 3.05) is 19.0 Å². The van der Waals surface area contributed by atoms with Crippen molar-refractivity contribution in [3.63, 3.8) is 0 Å². The Bertz CT molecular complexity index is 879. The van der Waals surface area contributed by atoms with Gasteiger partial charge in [-0.1, -0.05) is 30.0 Å². The van der Waals surface area contributed by atoms with Gasteiger partial charge in [0.25, 0.3) is 0 Å². The molecule has 0 unspecified atom stereocenters. The lowest BCUT2D eigenvalue weighted by atomic mass is 10.2. The number of fused-ring (bicyclic) bond motifs is 1. The summed E-state index contributed by atoms with van der Waals surface area (Å²) in [4.78, 5) is 25.9.